The Morgan fingerprint density at radius 1 is 1.11 bits per heavy atom. The zero-order valence-electron chi connectivity index (χ0n) is 9.78. The van der Waals surface area contributed by atoms with Gasteiger partial charge in [0.1, 0.15) is 5.82 Å². The minimum absolute atomic E-state index is 0.192. The first-order valence-corrected chi connectivity index (χ1v) is 6.21. The highest BCUT2D eigenvalue weighted by Crippen LogP contribution is 2.26. The van der Waals surface area contributed by atoms with Gasteiger partial charge < -0.3 is 0 Å². The van der Waals surface area contributed by atoms with E-state index < -0.39 is 5.82 Å². The molecule has 0 saturated heterocycles. The predicted octanol–water partition coefficient (Wildman–Crippen LogP) is 4.02. The lowest BCUT2D eigenvalue weighted by Gasteiger charge is -2.01. The van der Waals surface area contributed by atoms with E-state index in [1.807, 2.05) is 0 Å². The van der Waals surface area contributed by atoms with Crippen molar-refractivity contribution in [2.45, 2.75) is 5.88 Å². The summed E-state index contributed by atoms with van der Waals surface area (Å²) in [5, 5.41) is 0. The molecule has 0 fully saturated rings. The topological polar surface area (TPSA) is 17.3 Å². The third-order valence-electron chi connectivity index (χ3n) is 2.95. The molecular formula is C14H9ClF2N2. The monoisotopic (exact) mass is 278 g/mol. The van der Waals surface area contributed by atoms with E-state index in [-0.39, 0.29) is 17.3 Å². The van der Waals surface area contributed by atoms with E-state index in [1.165, 1.54) is 18.2 Å². The number of nitrogens with zero attached hydrogens (tertiary/aromatic N) is 2. The van der Waals surface area contributed by atoms with Gasteiger partial charge in [-0.1, -0.05) is 0 Å². The number of aromatic nitrogens is 2. The fourth-order valence-electron chi connectivity index (χ4n) is 2.05. The van der Waals surface area contributed by atoms with Crippen LogP contribution in [0.3, 0.4) is 0 Å². The predicted molar refractivity (Wildman–Crippen MR) is 70.1 cm³/mol. The minimum atomic E-state index is -0.415. The standard InChI is InChI=1S/C14H9ClF2N2/c15-8-12-13(9-3-5-10(16)6-4-9)18-14-11(17)2-1-7-19(12)14/h1-7H,8H2. The maximum atomic E-state index is 13.7. The van der Waals surface area contributed by atoms with E-state index in [0.717, 1.165) is 0 Å². The lowest BCUT2D eigenvalue weighted by molar-refractivity contribution is 0.628. The minimum Gasteiger partial charge on any atom is -0.300 e. The van der Waals surface area contributed by atoms with Crippen molar-refractivity contribution in [3.05, 3.63) is 59.9 Å². The molecule has 0 aliphatic heterocycles. The maximum Gasteiger partial charge on any atom is 0.174 e. The number of rotatable bonds is 2. The van der Waals surface area contributed by atoms with Crippen LogP contribution in [0.15, 0.2) is 42.6 Å². The summed E-state index contributed by atoms with van der Waals surface area (Å²) < 4.78 is 28.3. The number of hydrogen-bond donors (Lipinski definition) is 0. The zero-order valence-corrected chi connectivity index (χ0v) is 10.5. The van der Waals surface area contributed by atoms with Gasteiger partial charge in [0.05, 0.1) is 17.3 Å². The molecule has 96 valence electrons. The van der Waals surface area contributed by atoms with Crippen LogP contribution in [0.25, 0.3) is 16.9 Å². The number of hydrogen-bond acceptors (Lipinski definition) is 1. The molecule has 1 aromatic carbocycles. The molecule has 0 saturated carbocycles. The average Bonchev–Trinajstić information content (AvgIpc) is 2.79. The number of pyridine rings is 1. The van der Waals surface area contributed by atoms with Crippen LogP contribution in [0, 0.1) is 11.6 Å². The summed E-state index contributed by atoms with van der Waals surface area (Å²) in [7, 11) is 0. The van der Waals surface area contributed by atoms with Gasteiger partial charge in [-0.2, -0.15) is 0 Å². The van der Waals surface area contributed by atoms with Gasteiger partial charge in [0.2, 0.25) is 0 Å². The first-order chi connectivity index (χ1) is 9.20. The van der Waals surface area contributed by atoms with Gasteiger partial charge in [-0.15, -0.1) is 11.6 Å². The Labute approximate surface area is 113 Å². The Bertz CT molecular complexity index is 735. The largest absolute Gasteiger partial charge is 0.300 e. The van der Waals surface area contributed by atoms with Crippen molar-refractivity contribution in [3.63, 3.8) is 0 Å². The summed E-state index contributed by atoms with van der Waals surface area (Å²) in [6.45, 7) is 0. The molecule has 0 spiro atoms. The van der Waals surface area contributed by atoms with E-state index >= 15 is 0 Å². The molecule has 19 heavy (non-hydrogen) atoms. The Kier molecular flexibility index (Phi) is 2.95. The lowest BCUT2D eigenvalue weighted by atomic mass is 10.1. The van der Waals surface area contributed by atoms with Crippen LogP contribution in [0.2, 0.25) is 0 Å². The van der Waals surface area contributed by atoms with Crippen molar-refractivity contribution in [2.75, 3.05) is 0 Å². The van der Waals surface area contributed by atoms with E-state index in [9.17, 15) is 8.78 Å². The molecule has 0 amide bonds. The summed E-state index contributed by atoms with van der Waals surface area (Å²) in [5.41, 5.74) is 2.18. The first kappa shape index (κ1) is 12.1. The molecule has 0 radical (unpaired) electrons. The van der Waals surface area contributed by atoms with Gasteiger partial charge in [-0.05, 0) is 36.4 Å². The molecule has 3 aromatic rings. The van der Waals surface area contributed by atoms with Gasteiger partial charge in [0, 0.05) is 11.8 Å². The van der Waals surface area contributed by atoms with Crippen molar-refractivity contribution in [2.24, 2.45) is 0 Å². The van der Waals surface area contributed by atoms with Crippen LogP contribution in [0.4, 0.5) is 8.78 Å². The van der Waals surface area contributed by atoms with Gasteiger partial charge in [0.25, 0.3) is 0 Å². The fraction of sp³-hybridized carbons (Fsp3) is 0.0714. The van der Waals surface area contributed by atoms with Crippen molar-refractivity contribution in [1.29, 1.82) is 0 Å². The average molecular weight is 279 g/mol. The molecule has 2 aromatic heterocycles. The van der Waals surface area contributed by atoms with E-state index in [1.54, 1.807) is 28.8 Å². The van der Waals surface area contributed by atoms with Crippen molar-refractivity contribution in [1.82, 2.24) is 9.38 Å². The number of halogens is 3. The molecule has 5 heteroatoms. The smallest absolute Gasteiger partial charge is 0.174 e. The highest BCUT2D eigenvalue weighted by molar-refractivity contribution is 6.17. The second kappa shape index (κ2) is 4.63. The van der Waals surface area contributed by atoms with Crippen LogP contribution in [-0.4, -0.2) is 9.38 Å². The molecule has 0 aliphatic rings. The Morgan fingerprint density at radius 3 is 2.53 bits per heavy atom. The summed E-state index contributed by atoms with van der Waals surface area (Å²) in [6, 6.07) is 8.82. The number of fused-ring (bicyclic) bond motifs is 1. The normalized spacial score (nSPS) is 11.1. The van der Waals surface area contributed by atoms with Crippen molar-refractivity contribution in [3.8, 4) is 11.3 Å². The van der Waals surface area contributed by atoms with Crippen molar-refractivity contribution < 1.29 is 8.78 Å². The Balaban J connectivity index is 2.29. The third-order valence-corrected chi connectivity index (χ3v) is 3.20. The molecular weight excluding hydrogens is 270 g/mol. The SMILES string of the molecule is Fc1ccc(-c2nc3c(F)cccn3c2CCl)cc1. The molecule has 0 unspecified atom stereocenters. The first-order valence-electron chi connectivity index (χ1n) is 5.68. The molecule has 0 bridgehead atoms. The molecule has 0 aliphatic carbocycles. The Morgan fingerprint density at radius 2 is 1.84 bits per heavy atom. The van der Waals surface area contributed by atoms with Crippen LogP contribution in [0.1, 0.15) is 5.69 Å². The highest BCUT2D eigenvalue weighted by atomic mass is 35.5. The second-order valence-corrected chi connectivity index (χ2v) is 4.36. The van der Waals surface area contributed by atoms with E-state index in [4.69, 9.17) is 11.6 Å². The Hall–Kier alpha value is -1.94. The summed E-state index contributed by atoms with van der Waals surface area (Å²) in [5.74, 6) is -0.550. The number of alkyl halides is 1. The van der Waals surface area contributed by atoms with Gasteiger partial charge in [-0.25, -0.2) is 13.8 Å². The molecule has 3 rings (SSSR count). The number of benzene rings is 1. The quantitative estimate of drug-likeness (QED) is 0.647. The van der Waals surface area contributed by atoms with Crippen molar-refractivity contribution >= 4 is 17.2 Å². The molecule has 0 N–H and O–H groups in total. The molecule has 0 atom stereocenters. The van der Waals surface area contributed by atoms with Gasteiger partial charge >= 0.3 is 0 Å². The van der Waals surface area contributed by atoms with Crippen LogP contribution < -0.4 is 0 Å². The maximum absolute atomic E-state index is 13.7. The van der Waals surface area contributed by atoms with Gasteiger partial charge in [0.15, 0.2) is 11.5 Å². The summed E-state index contributed by atoms with van der Waals surface area (Å²) in [4.78, 5) is 4.26. The van der Waals surface area contributed by atoms with Crippen LogP contribution >= 0.6 is 11.6 Å². The third kappa shape index (κ3) is 1.98. The zero-order chi connectivity index (χ0) is 13.4. The molecule has 2 nitrogen and oxygen atoms in total. The van der Waals surface area contributed by atoms with Crippen LogP contribution in [0.5, 0.6) is 0 Å². The summed E-state index contributed by atoms with van der Waals surface area (Å²) in [6.07, 6.45) is 1.70. The second-order valence-electron chi connectivity index (χ2n) is 4.10. The fourth-order valence-corrected chi connectivity index (χ4v) is 2.31. The lowest BCUT2D eigenvalue weighted by Crippen LogP contribution is -1.92. The molecule has 2 heterocycles. The highest BCUT2D eigenvalue weighted by Gasteiger charge is 2.15. The van der Waals surface area contributed by atoms with Gasteiger partial charge in [-0.3, -0.25) is 4.40 Å². The number of imidazole rings is 1. The van der Waals surface area contributed by atoms with E-state index in [0.29, 0.717) is 17.0 Å². The van der Waals surface area contributed by atoms with E-state index in [2.05, 4.69) is 4.98 Å². The van der Waals surface area contributed by atoms with Crippen LogP contribution in [-0.2, 0) is 5.88 Å². The summed E-state index contributed by atoms with van der Waals surface area (Å²) >= 11 is 5.93.